The Hall–Kier alpha value is -1.22. The molecule has 1 aromatic rings. The maximum atomic E-state index is 11.2. The molecule has 0 saturated carbocycles. The quantitative estimate of drug-likeness (QED) is 0.878. The van der Waals surface area contributed by atoms with Gasteiger partial charge in [0.15, 0.2) is 0 Å². The molecule has 92 valence electrons. The standard InChI is InChI=1S/C13H17ClN2O/c1-10(17)16-8-6-13(7-9-16)15-12-4-2-11(14)3-5-12/h2-5,13,15H,6-9H2,1H3. The van der Waals surface area contributed by atoms with Gasteiger partial charge in [0.05, 0.1) is 0 Å². The van der Waals surface area contributed by atoms with Crippen molar-refractivity contribution in [1.29, 1.82) is 0 Å². The third-order valence-corrected chi connectivity index (χ3v) is 3.41. The summed E-state index contributed by atoms with van der Waals surface area (Å²) in [4.78, 5) is 13.1. The Morgan fingerprint density at radius 3 is 2.41 bits per heavy atom. The number of halogens is 1. The van der Waals surface area contributed by atoms with E-state index in [4.69, 9.17) is 11.6 Å². The van der Waals surface area contributed by atoms with Gasteiger partial charge in [-0.1, -0.05) is 11.6 Å². The van der Waals surface area contributed by atoms with E-state index in [-0.39, 0.29) is 5.91 Å². The van der Waals surface area contributed by atoms with Crippen LogP contribution >= 0.6 is 11.6 Å². The zero-order chi connectivity index (χ0) is 12.3. The fourth-order valence-corrected chi connectivity index (χ4v) is 2.25. The van der Waals surface area contributed by atoms with Crippen molar-refractivity contribution in [2.24, 2.45) is 0 Å². The minimum Gasteiger partial charge on any atom is -0.382 e. The first-order valence-corrected chi connectivity index (χ1v) is 6.30. The van der Waals surface area contributed by atoms with E-state index in [1.807, 2.05) is 29.2 Å². The first kappa shape index (κ1) is 12.2. The number of rotatable bonds is 2. The summed E-state index contributed by atoms with van der Waals surface area (Å²) in [6.07, 6.45) is 2.00. The minimum atomic E-state index is 0.176. The van der Waals surface area contributed by atoms with Crippen molar-refractivity contribution >= 4 is 23.2 Å². The highest BCUT2D eigenvalue weighted by Gasteiger charge is 2.20. The van der Waals surface area contributed by atoms with Gasteiger partial charge in [-0.05, 0) is 37.1 Å². The topological polar surface area (TPSA) is 32.3 Å². The molecule has 1 aliphatic rings. The van der Waals surface area contributed by atoms with Gasteiger partial charge in [0, 0.05) is 36.8 Å². The maximum Gasteiger partial charge on any atom is 0.219 e. The lowest BCUT2D eigenvalue weighted by molar-refractivity contribution is -0.129. The summed E-state index contributed by atoms with van der Waals surface area (Å²) in [5.74, 6) is 0.176. The lowest BCUT2D eigenvalue weighted by atomic mass is 10.0. The number of nitrogens with zero attached hydrogens (tertiary/aromatic N) is 1. The zero-order valence-corrected chi connectivity index (χ0v) is 10.7. The number of hydrogen-bond donors (Lipinski definition) is 1. The second-order valence-corrected chi connectivity index (χ2v) is 4.87. The first-order chi connectivity index (χ1) is 8.15. The van der Waals surface area contributed by atoms with Crippen molar-refractivity contribution in [3.63, 3.8) is 0 Å². The molecule has 0 spiro atoms. The number of likely N-dealkylation sites (tertiary alicyclic amines) is 1. The fourth-order valence-electron chi connectivity index (χ4n) is 2.12. The summed E-state index contributed by atoms with van der Waals surface area (Å²) in [6.45, 7) is 3.33. The van der Waals surface area contributed by atoms with Gasteiger partial charge in [-0.15, -0.1) is 0 Å². The number of carbonyl (C=O) groups is 1. The predicted molar refractivity (Wildman–Crippen MR) is 70.4 cm³/mol. The van der Waals surface area contributed by atoms with Gasteiger partial charge < -0.3 is 10.2 Å². The largest absolute Gasteiger partial charge is 0.382 e. The maximum absolute atomic E-state index is 11.2. The van der Waals surface area contributed by atoms with E-state index in [0.29, 0.717) is 6.04 Å². The second kappa shape index (κ2) is 5.41. The van der Waals surface area contributed by atoms with E-state index in [0.717, 1.165) is 36.6 Å². The van der Waals surface area contributed by atoms with Gasteiger partial charge in [-0.25, -0.2) is 0 Å². The molecule has 0 bridgehead atoms. The minimum absolute atomic E-state index is 0.176. The number of hydrogen-bond acceptors (Lipinski definition) is 2. The molecular weight excluding hydrogens is 236 g/mol. The SMILES string of the molecule is CC(=O)N1CCC(Nc2ccc(Cl)cc2)CC1. The van der Waals surface area contributed by atoms with Gasteiger partial charge in [0.25, 0.3) is 0 Å². The molecule has 0 aliphatic carbocycles. The Balaban J connectivity index is 1.85. The van der Waals surface area contributed by atoms with E-state index in [1.165, 1.54) is 0 Å². The van der Waals surface area contributed by atoms with E-state index >= 15 is 0 Å². The molecule has 0 unspecified atom stereocenters. The molecule has 1 aliphatic heterocycles. The number of amides is 1. The van der Waals surface area contributed by atoms with Crippen LogP contribution in [0.15, 0.2) is 24.3 Å². The van der Waals surface area contributed by atoms with E-state index in [1.54, 1.807) is 6.92 Å². The molecule has 1 heterocycles. The summed E-state index contributed by atoms with van der Waals surface area (Å²) in [5.41, 5.74) is 1.09. The van der Waals surface area contributed by atoms with Gasteiger partial charge in [0.2, 0.25) is 5.91 Å². The summed E-state index contributed by atoms with van der Waals surface area (Å²) >= 11 is 5.84. The smallest absolute Gasteiger partial charge is 0.219 e. The molecule has 0 atom stereocenters. The Morgan fingerprint density at radius 1 is 1.29 bits per heavy atom. The predicted octanol–water partition coefficient (Wildman–Crippen LogP) is 2.76. The van der Waals surface area contributed by atoms with Crippen LogP contribution in [0.5, 0.6) is 0 Å². The van der Waals surface area contributed by atoms with Gasteiger partial charge in [0.1, 0.15) is 0 Å². The van der Waals surface area contributed by atoms with Crippen LogP contribution in [-0.2, 0) is 4.79 Å². The van der Waals surface area contributed by atoms with Crippen molar-refractivity contribution in [2.75, 3.05) is 18.4 Å². The first-order valence-electron chi connectivity index (χ1n) is 5.93. The number of anilines is 1. The average molecular weight is 253 g/mol. The molecule has 3 nitrogen and oxygen atoms in total. The molecule has 2 rings (SSSR count). The van der Waals surface area contributed by atoms with Crippen molar-refractivity contribution in [3.8, 4) is 0 Å². The summed E-state index contributed by atoms with van der Waals surface area (Å²) in [6, 6.07) is 8.19. The molecule has 1 saturated heterocycles. The van der Waals surface area contributed by atoms with Crippen molar-refractivity contribution in [3.05, 3.63) is 29.3 Å². The van der Waals surface area contributed by atoms with E-state index in [9.17, 15) is 4.79 Å². The van der Waals surface area contributed by atoms with Crippen LogP contribution in [0, 0.1) is 0 Å². The van der Waals surface area contributed by atoms with Gasteiger partial charge in [-0.2, -0.15) is 0 Å². The summed E-state index contributed by atoms with van der Waals surface area (Å²) in [7, 11) is 0. The molecule has 1 aromatic carbocycles. The Bertz CT molecular complexity index is 383. The molecule has 4 heteroatoms. The van der Waals surface area contributed by atoms with Crippen LogP contribution in [0.4, 0.5) is 5.69 Å². The molecule has 1 amide bonds. The zero-order valence-electron chi connectivity index (χ0n) is 9.95. The third kappa shape index (κ3) is 3.37. The number of nitrogens with one attached hydrogen (secondary N) is 1. The van der Waals surface area contributed by atoms with Crippen LogP contribution in [0.2, 0.25) is 5.02 Å². The fraction of sp³-hybridized carbons (Fsp3) is 0.462. The number of carbonyl (C=O) groups excluding carboxylic acids is 1. The lowest BCUT2D eigenvalue weighted by Gasteiger charge is -2.32. The lowest BCUT2D eigenvalue weighted by Crippen LogP contribution is -2.41. The van der Waals surface area contributed by atoms with Crippen LogP contribution in [0.25, 0.3) is 0 Å². The van der Waals surface area contributed by atoms with Gasteiger partial charge >= 0.3 is 0 Å². The summed E-state index contributed by atoms with van der Waals surface area (Å²) in [5, 5.41) is 4.22. The van der Waals surface area contributed by atoms with Crippen molar-refractivity contribution < 1.29 is 4.79 Å². The van der Waals surface area contributed by atoms with Crippen LogP contribution in [0.3, 0.4) is 0 Å². The molecule has 1 fully saturated rings. The van der Waals surface area contributed by atoms with Gasteiger partial charge in [-0.3, -0.25) is 4.79 Å². The van der Waals surface area contributed by atoms with Crippen LogP contribution in [0.1, 0.15) is 19.8 Å². The van der Waals surface area contributed by atoms with E-state index in [2.05, 4.69) is 5.32 Å². The highest BCUT2D eigenvalue weighted by Crippen LogP contribution is 2.18. The van der Waals surface area contributed by atoms with E-state index < -0.39 is 0 Å². The van der Waals surface area contributed by atoms with Crippen LogP contribution < -0.4 is 5.32 Å². The van der Waals surface area contributed by atoms with Crippen molar-refractivity contribution in [1.82, 2.24) is 4.90 Å². The number of piperidine rings is 1. The highest BCUT2D eigenvalue weighted by atomic mass is 35.5. The average Bonchev–Trinajstić information content (AvgIpc) is 2.33. The molecule has 17 heavy (non-hydrogen) atoms. The monoisotopic (exact) mass is 252 g/mol. The van der Waals surface area contributed by atoms with Crippen LogP contribution in [-0.4, -0.2) is 29.9 Å². The Labute approximate surface area is 107 Å². The molecule has 0 radical (unpaired) electrons. The molecular formula is C13H17ClN2O. The molecule has 0 aromatic heterocycles. The molecule has 1 N–H and O–H groups in total. The summed E-state index contributed by atoms with van der Waals surface area (Å²) < 4.78 is 0. The third-order valence-electron chi connectivity index (χ3n) is 3.16. The van der Waals surface area contributed by atoms with Crippen molar-refractivity contribution in [2.45, 2.75) is 25.8 Å². The Kier molecular flexibility index (Phi) is 3.89. The number of benzene rings is 1. The second-order valence-electron chi connectivity index (χ2n) is 4.43. The highest BCUT2D eigenvalue weighted by molar-refractivity contribution is 6.30. The Morgan fingerprint density at radius 2 is 1.88 bits per heavy atom. The normalized spacial score (nSPS) is 16.9.